The Morgan fingerprint density at radius 2 is 2.29 bits per heavy atom. The summed E-state index contributed by atoms with van der Waals surface area (Å²) in [5.41, 5.74) is 3.32. The van der Waals surface area contributed by atoms with E-state index in [0.29, 0.717) is 24.2 Å². The van der Waals surface area contributed by atoms with Gasteiger partial charge in [-0.05, 0) is 12.1 Å². The fourth-order valence-corrected chi connectivity index (χ4v) is 2.40. The van der Waals surface area contributed by atoms with Crippen LogP contribution in [0.5, 0.6) is 0 Å². The summed E-state index contributed by atoms with van der Waals surface area (Å²) in [5.74, 6) is -0.285. The van der Waals surface area contributed by atoms with Gasteiger partial charge in [-0.1, -0.05) is 0 Å². The van der Waals surface area contributed by atoms with Gasteiger partial charge < -0.3 is 10.6 Å². The van der Waals surface area contributed by atoms with Crippen molar-refractivity contribution in [3.8, 4) is 0 Å². The lowest BCUT2D eigenvalue weighted by molar-refractivity contribution is -0.384. The second-order valence-corrected chi connectivity index (χ2v) is 4.94. The van der Waals surface area contributed by atoms with Crippen molar-refractivity contribution in [1.82, 2.24) is 10.3 Å². The van der Waals surface area contributed by atoms with E-state index in [1.54, 1.807) is 5.51 Å². The van der Waals surface area contributed by atoms with Crippen molar-refractivity contribution in [3.63, 3.8) is 0 Å². The van der Waals surface area contributed by atoms with Crippen molar-refractivity contribution in [2.45, 2.75) is 6.42 Å². The van der Waals surface area contributed by atoms with E-state index in [4.69, 9.17) is 0 Å². The third kappa shape index (κ3) is 3.76. The Hall–Kier alpha value is -2.48. The van der Waals surface area contributed by atoms with E-state index in [-0.39, 0.29) is 11.6 Å². The van der Waals surface area contributed by atoms with Crippen molar-refractivity contribution >= 4 is 28.6 Å². The number of hydrogen-bond donors (Lipinski definition) is 2. The van der Waals surface area contributed by atoms with Gasteiger partial charge in [0.15, 0.2) is 0 Å². The summed E-state index contributed by atoms with van der Waals surface area (Å²) in [7, 11) is 1.51. The van der Waals surface area contributed by atoms with Gasteiger partial charge in [0.25, 0.3) is 11.6 Å². The zero-order valence-corrected chi connectivity index (χ0v) is 12.1. The van der Waals surface area contributed by atoms with Crippen molar-refractivity contribution in [1.29, 1.82) is 0 Å². The van der Waals surface area contributed by atoms with E-state index in [1.807, 2.05) is 5.38 Å². The molecule has 8 heteroatoms. The highest BCUT2D eigenvalue weighted by Gasteiger charge is 2.16. The molecule has 2 rings (SSSR count). The van der Waals surface area contributed by atoms with E-state index in [9.17, 15) is 14.9 Å². The van der Waals surface area contributed by atoms with Gasteiger partial charge in [-0.25, -0.2) is 4.98 Å². The molecule has 0 fully saturated rings. The molecule has 21 heavy (non-hydrogen) atoms. The third-order valence-electron chi connectivity index (χ3n) is 2.86. The number of nitrogens with zero attached hydrogens (tertiary/aromatic N) is 2. The molecule has 0 atom stereocenters. The summed E-state index contributed by atoms with van der Waals surface area (Å²) in [6, 6.07) is 4.25. The fourth-order valence-electron chi connectivity index (χ4n) is 1.81. The number of aromatic nitrogens is 1. The predicted molar refractivity (Wildman–Crippen MR) is 80.8 cm³/mol. The summed E-state index contributed by atoms with van der Waals surface area (Å²) in [6.45, 7) is 0.502. The maximum atomic E-state index is 11.6. The number of rotatable bonds is 6. The highest BCUT2D eigenvalue weighted by Crippen LogP contribution is 2.25. The lowest BCUT2D eigenvalue weighted by Gasteiger charge is -2.08. The first-order valence-corrected chi connectivity index (χ1v) is 7.17. The third-order valence-corrected chi connectivity index (χ3v) is 3.50. The van der Waals surface area contributed by atoms with Gasteiger partial charge in [0.1, 0.15) is 5.69 Å². The van der Waals surface area contributed by atoms with Crippen LogP contribution in [0.3, 0.4) is 0 Å². The zero-order valence-electron chi connectivity index (χ0n) is 11.3. The molecule has 0 unspecified atom stereocenters. The zero-order chi connectivity index (χ0) is 15.2. The maximum Gasteiger partial charge on any atom is 0.292 e. The van der Waals surface area contributed by atoms with Crippen LogP contribution in [-0.2, 0) is 6.42 Å². The average Bonchev–Trinajstić information content (AvgIpc) is 2.99. The van der Waals surface area contributed by atoms with Gasteiger partial charge in [0.2, 0.25) is 0 Å². The van der Waals surface area contributed by atoms with Gasteiger partial charge in [-0.2, -0.15) is 0 Å². The fraction of sp³-hybridized carbons (Fsp3) is 0.231. The van der Waals surface area contributed by atoms with Crippen LogP contribution in [0.1, 0.15) is 16.1 Å². The van der Waals surface area contributed by atoms with E-state index in [0.717, 1.165) is 5.69 Å². The highest BCUT2D eigenvalue weighted by atomic mass is 32.1. The summed E-state index contributed by atoms with van der Waals surface area (Å²) < 4.78 is 0. The number of nitro groups is 1. The molecule has 1 aromatic heterocycles. The number of hydrogen-bond acceptors (Lipinski definition) is 6. The Morgan fingerprint density at radius 3 is 2.90 bits per heavy atom. The van der Waals surface area contributed by atoms with Gasteiger partial charge in [0.05, 0.1) is 16.1 Å². The Labute approximate surface area is 125 Å². The molecule has 0 aliphatic carbocycles. The van der Waals surface area contributed by atoms with Crippen LogP contribution in [0.2, 0.25) is 0 Å². The lowest BCUT2D eigenvalue weighted by Crippen LogP contribution is -2.18. The number of thiazole rings is 1. The number of anilines is 1. The minimum Gasteiger partial charge on any atom is -0.379 e. The number of nitro benzene ring substituents is 1. The van der Waals surface area contributed by atoms with Crippen LogP contribution in [0.4, 0.5) is 11.4 Å². The molecule has 0 saturated heterocycles. The van der Waals surface area contributed by atoms with Crippen molar-refractivity contribution in [2.24, 2.45) is 0 Å². The second kappa shape index (κ2) is 6.80. The lowest BCUT2D eigenvalue weighted by atomic mass is 10.1. The van der Waals surface area contributed by atoms with Gasteiger partial charge in [-0.15, -0.1) is 11.3 Å². The van der Waals surface area contributed by atoms with E-state index in [1.165, 1.54) is 36.6 Å². The molecule has 110 valence electrons. The standard InChI is InChI=1S/C13H14N4O3S/c1-14-13(18)9-2-3-12(17(19)20)11(6-9)15-5-4-10-7-21-8-16-10/h2-3,6-8,15H,4-5H2,1H3,(H,14,18). The molecule has 1 aromatic carbocycles. The number of nitrogens with one attached hydrogen (secondary N) is 2. The van der Waals surface area contributed by atoms with Crippen molar-refractivity contribution < 1.29 is 9.72 Å². The molecule has 0 saturated carbocycles. The molecule has 0 bridgehead atoms. The molecule has 2 aromatic rings. The largest absolute Gasteiger partial charge is 0.379 e. The van der Waals surface area contributed by atoms with Gasteiger partial charge in [0, 0.05) is 37.0 Å². The van der Waals surface area contributed by atoms with Gasteiger partial charge >= 0.3 is 0 Å². The summed E-state index contributed by atoms with van der Waals surface area (Å²) in [5, 5.41) is 18.4. The molecular formula is C13H14N4O3S. The second-order valence-electron chi connectivity index (χ2n) is 4.22. The maximum absolute atomic E-state index is 11.6. The average molecular weight is 306 g/mol. The number of benzene rings is 1. The van der Waals surface area contributed by atoms with E-state index < -0.39 is 4.92 Å². The molecule has 0 aliphatic rings. The SMILES string of the molecule is CNC(=O)c1ccc([N+](=O)[O-])c(NCCc2cscn2)c1. The predicted octanol–water partition coefficient (Wildman–Crippen LogP) is 2.07. The normalized spacial score (nSPS) is 10.1. The van der Waals surface area contributed by atoms with Crippen LogP contribution in [0.15, 0.2) is 29.1 Å². The summed E-state index contributed by atoms with van der Waals surface area (Å²) in [6.07, 6.45) is 0.658. The van der Waals surface area contributed by atoms with E-state index in [2.05, 4.69) is 15.6 Å². The molecule has 0 spiro atoms. The monoisotopic (exact) mass is 306 g/mol. The number of amides is 1. The number of carbonyl (C=O) groups is 1. The van der Waals surface area contributed by atoms with Crippen molar-refractivity contribution in [3.05, 3.63) is 50.5 Å². The Bertz CT molecular complexity index is 643. The number of carbonyl (C=O) groups excluding carboxylic acids is 1. The molecule has 1 amide bonds. The molecule has 0 aliphatic heterocycles. The minimum absolute atomic E-state index is 0.0547. The Balaban J connectivity index is 2.14. The first-order valence-electron chi connectivity index (χ1n) is 6.23. The van der Waals surface area contributed by atoms with Crippen LogP contribution in [0.25, 0.3) is 0 Å². The first kappa shape index (κ1) is 14.9. The summed E-state index contributed by atoms with van der Waals surface area (Å²) >= 11 is 1.50. The molecular weight excluding hydrogens is 292 g/mol. The van der Waals surface area contributed by atoms with Crippen LogP contribution < -0.4 is 10.6 Å². The van der Waals surface area contributed by atoms with Crippen LogP contribution in [0, 0.1) is 10.1 Å². The molecule has 2 N–H and O–H groups in total. The smallest absolute Gasteiger partial charge is 0.292 e. The molecule has 7 nitrogen and oxygen atoms in total. The minimum atomic E-state index is -0.473. The summed E-state index contributed by atoms with van der Waals surface area (Å²) in [4.78, 5) is 26.3. The quantitative estimate of drug-likeness (QED) is 0.629. The Morgan fingerprint density at radius 1 is 1.48 bits per heavy atom. The molecule has 0 radical (unpaired) electrons. The van der Waals surface area contributed by atoms with E-state index >= 15 is 0 Å². The van der Waals surface area contributed by atoms with Crippen LogP contribution >= 0.6 is 11.3 Å². The topological polar surface area (TPSA) is 97.2 Å². The van der Waals surface area contributed by atoms with Crippen LogP contribution in [-0.4, -0.2) is 29.4 Å². The molecule has 1 heterocycles. The Kier molecular flexibility index (Phi) is 4.83. The first-order chi connectivity index (χ1) is 10.1. The highest BCUT2D eigenvalue weighted by molar-refractivity contribution is 7.07. The van der Waals surface area contributed by atoms with Gasteiger partial charge in [-0.3, -0.25) is 14.9 Å². The van der Waals surface area contributed by atoms with Crippen molar-refractivity contribution in [2.75, 3.05) is 18.9 Å².